The molecular formula is C45H86O6. The van der Waals surface area contributed by atoms with Crippen molar-refractivity contribution in [2.45, 2.75) is 252 Å². The van der Waals surface area contributed by atoms with E-state index in [0.717, 1.165) is 63.7 Å². The normalized spacial score (nSPS) is 12.5. The van der Waals surface area contributed by atoms with Gasteiger partial charge in [0.05, 0.1) is 0 Å². The van der Waals surface area contributed by atoms with E-state index in [9.17, 15) is 14.4 Å². The number of carbonyl (C=O) groups excluding carboxylic acids is 3. The van der Waals surface area contributed by atoms with Crippen molar-refractivity contribution in [3.63, 3.8) is 0 Å². The number of hydrogen-bond donors (Lipinski definition) is 0. The second kappa shape index (κ2) is 39.6. The monoisotopic (exact) mass is 723 g/mol. The van der Waals surface area contributed by atoms with Crippen LogP contribution in [0.3, 0.4) is 0 Å². The first-order valence-corrected chi connectivity index (χ1v) is 22.4. The molecule has 0 aliphatic carbocycles. The van der Waals surface area contributed by atoms with E-state index >= 15 is 0 Å². The lowest BCUT2D eigenvalue weighted by Crippen LogP contribution is -2.30. The van der Waals surface area contributed by atoms with E-state index in [1.54, 1.807) is 0 Å². The van der Waals surface area contributed by atoms with Crippen molar-refractivity contribution in [2.75, 3.05) is 13.2 Å². The van der Waals surface area contributed by atoms with E-state index in [0.29, 0.717) is 19.3 Å². The molecule has 0 spiro atoms. The molecule has 0 aromatic rings. The van der Waals surface area contributed by atoms with Gasteiger partial charge in [0, 0.05) is 19.3 Å². The van der Waals surface area contributed by atoms with Crippen LogP contribution in [0.4, 0.5) is 0 Å². The lowest BCUT2D eigenvalue weighted by Gasteiger charge is -2.18. The zero-order valence-electron chi connectivity index (χ0n) is 34.6. The van der Waals surface area contributed by atoms with Crippen molar-refractivity contribution >= 4 is 17.9 Å². The van der Waals surface area contributed by atoms with Gasteiger partial charge in [0.15, 0.2) is 6.10 Å². The van der Waals surface area contributed by atoms with Gasteiger partial charge in [-0.25, -0.2) is 0 Å². The second-order valence-electron chi connectivity index (χ2n) is 15.6. The van der Waals surface area contributed by atoms with E-state index in [1.807, 2.05) is 0 Å². The van der Waals surface area contributed by atoms with E-state index in [2.05, 4.69) is 27.7 Å². The SMILES string of the molecule is CCCCCCCCCCCCCCC(=O)OC[C@H](COC(=O)CCCCCCCCCCCCC(C)CC)OC(=O)CCCCCCCCC. The van der Waals surface area contributed by atoms with Gasteiger partial charge in [0.2, 0.25) is 0 Å². The Kier molecular flexibility index (Phi) is 38.4. The molecule has 0 aliphatic rings. The molecule has 0 aromatic carbocycles. The van der Waals surface area contributed by atoms with Crippen molar-refractivity contribution < 1.29 is 28.6 Å². The molecule has 51 heavy (non-hydrogen) atoms. The van der Waals surface area contributed by atoms with Crippen molar-refractivity contribution in [3.05, 3.63) is 0 Å². The Balaban J connectivity index is 4.25. The van der Waals surface area contributed by atoms with Crippen molar-refractivity contribution in [3.8, 4) is 0 Å². The molecule has 1 unspecified atom stereocenters. The Hall–Kier alpha value is -1.59. The molecule has 0 heterocycles. The number of ether oxygens (including phenoxy) is 3. The fourth-order valence-electron chi connectivity index (χ4n) is 6.59. The molecule has 0 fully saturated rings. The molecule has 0 aliphatic heterocycles. The van der Waals surface area contributed by atoms with Gasteiger partial charge < -0.3 is 14.2 Å². The van der Waals surface area contributed by atoms with Crippen molar-refractivity contribution in [1.82, 2.24) is 0 Å². The quantitative estimate of drug-likeness (QED) is 0.0356. The fourth-order valence-corrected chi connectivity index (χ4v) is 6.59. The Morgan fingerprint density at radius 2 is 0.686 bits per heavy atom. The fraction of sp³-hybridized carbons (Fsp3) is 0.933. The molecule has 6 heteroatoms. The van der Waals surface area contributed by atoms with Crippen LogP contribution in [0.1, 0.15) is 246 Å². The van der Waals surface area contributed by atoms with Gasteiger partial charge in [-0.05, 0) is 25.2 Å². The Morgan fingerprint density at radius 1 is 0.392 bits per heavy atom. The molecular weight excluding hydrogens is 636 g/mol. The topological polar surface area (TPSA) is 78.9 Å². The smallest absolute Gasteiger partial charge is 0.306 e. The molecule has 0 amide bonds. The van der Waals surface area contributed by atoms with E-state index in [1.165, 1.54) is 141 Å². The second-order valence-corrected chi connectivity index (χ2v) is 15.6. The molecule has 0 aromatic heterocycles. The number of rotatable bonds is 40. The summed E-state index contributed by atoms with van der Waals surface area (Å²) in [6.45, 7) is 8.97. The molecule has 0 radical (unpaired) electrons. The van der Waals surface area contributed by atoms with Crippen LogP contribution in [0.5, 0.6) is 0 Å². The van der Waals surface area contributed by atoms with E-state index in [4.69, 9.17) is 14.2 Å². The van der Waals surface area contributed by atoms with E-state index in [-0.39, 0.29) is 31.1 Å². The largest absolute Gasteiger partial charge is 0.462 e. The summed E-state index contributed by atoms with van der Waals surface area (Å²) in [5, 5.41) is 0. The van der Waals surface area contributed by atoms with Crippen LogP contribution < -0.4 is 0 Å². The summed E-state index contributed by atoms with van der Waals surface area (Å²) in [6.07, 6.45) is 38.0. The number of esters is 3. The highest BCUT2D eigenvalue weighted by molar-refractivity contribution is 5.71. The van der Waals surface area contributed by atoms with Crippen LogP contribution in [-0.4, -0.2) is 37.2 Å². The molecule has 302 valence electrons. The Labute approximate surface area is 317 Å². The van der Waals surface area contributed by atoms with Gasteiger partial charge in [-0.3, -0.25) is 14.4 Å². The zero-order valence-corrected chi connectivity index (χ0v) is 34.6. The minimum atomic E-state index is -0.757. The molecule has 0 bridgehead atoms. The lowest BCUT2D eigenvalue weighted by atomic mass is 9.99. The van der Waals surface area contributed by atoms with Crippen LogP contribution in [0.15, 0.2) is 0 Å². The third kappa shape index (κ3) is 38.0. The Morgan fingerprint density at radius 3 is 1.02 bits per heavy atom. The third-order valence-corrected chi connectivity index (χ3v) is 10.4. The van der Waals surface area contributed by atoms with Crippen LogP contribution in [0.2, 0.25) is 0 Å². The maximum Gasteiger partial charge on any atom is 0.306 e. The van der Waals surface area contributed by atoms with Crippen molar-refractivity contribution in [1.29, 1.82) is 0 Å². The van der Waals surface area contributed by atoms with Gasteiger partial charge in [0.25, 0.3) is 0 Å². The Bertz CT molecular complexity index is 768. The van der Waals surface area contributed by atoms with Gasteiger partial charge >= 0.3 is 17.9 Å². The zero-order chi connectivity index (χ0) is 37.5. The predicted octanol–water partition coefficient (Wildman–Crippen LogP) is 13.9. The first kappa shape index (κ1) is 49.4. The first-order valence-electron chi connectivity index (χ1n) is 22.4. The number of carbonyl (C=O) groups is 3. The lowest BCUT2D eigenvalue weighted by molar-refractivity contribution is -0.167. The van der Waals surface area contributed by atoms with Crippen molar-refractivity contribution in [2.24, 2.45) is 5.92 Å². The highest BCUT2D eigenvalue weighted by Gasteiger charge is 2.19. The molecule has 6 nitrogen and oxygen atoms in total. The van der Waals surface area contributed by atoms with Crippen LogP contribution in [-0.2, 0) is 28.6 Å². The van der Waals surface area contributed by atoms with Gasteiger partial charge in [-0.1, -0.05) is 207 Å². The predicted molar refractivity (Wildman–Crippen MR) is 215 cm³/mol. The summed E-state index contributed by atoms with van der Waals surface area (Å²) in [5.74, 6) is 0.00770. The van der Waals surface area contributed by atoms with E-state index < -0.39 is 6.10 Å². The maximum atomic E-state index is 12.6. The van der Waals surface area contributed by atoms with Gasteiger partial charge in [-0.15, -0.1) is 0 Å². The highest BCUT2D eigenvalue weighted by Crippen LogP contribution is 2.17. The summed E-state index contributed by atoms with van der Waals surface area (Å²) in [5.41, 5.74) is 0. The average molecular weight is 723 g/mol. The summed E-state index contributed by atoms with van der Waals surface area (Å²) in [6, 6.07) is 0. The minimum Gasteiger partial charge on any atom is -0.462 e. The summed E-state index contributed by atoms with van der Waals surface area (Å²) in [7, 11) is 0. The summed E-state index contributed by atoms with van der Waals surface area (Å²) >= 11 is 0. The number of hydrogen-bond acceptors (Lipinski definition) is 6. The first-order chi connectivity index (χ1) is 24.9. The van der Waals surface area contributed by atoms with Crippen LogP contribution in [0, 0.1) is 5.92 Å². The molecule has 0 saturated carbocycles. The molecule has 0 N–H and O–H groups in total. The summed E-state index contributed by atoms with van der Waals surface area (Å²) in [4.78, 5) is 37.5. The highest BCUT2D eigenvalue weighted by atomic mass is 16.6. The van der Waals surface area contributed by atoms with Crippen LogP contribution >= 0.6 is 0 Å². The molecule has 0 rings (SSSR count). The summed E-state index contributed by atoms with van der Waals surface area (Å²) < 4.78 is 16.6. The van der Waals surface area contributed by atoms with Gasteiger partial charge in [-0.2, -0.15) is 0 Å². The minimum absolute atomic E-state index is 0.0645. The standard InChI is InChI=1S/C45H86O6/c1-5-8-10-12-14-15-16-17-21-25-28-32-36-43(46)49-39-42(51-45(48)38-34-30-23-13-11-9-6-2)40-50-44(47)37-33-29-26-22-19-18-20-24-27-31-35-41(4)7-3/h41-42H,5-40H2,1-4H3/t41?,42-/m1/s1. The van der Waals surface area contributed by atoms with Crippen LogP contribution in [0.25, 0.3) is 0 Å². The van der Waals surface area contributed by atoms with Gasteiger partial charge in [0.1, 0.15) is 13.2 Å². The average Bonchev–Trinajstić information content (AvgIpc) is 3.13. The molecule has 0 saturated heterocycles. The third-order valence-electron chi connectivity index (χ3n) is 10.4. The number of unbranched alkanes of at least 4 members (excludes halogenated alkanes) is 26. The molecule has 2 atom stereocenters. The maximum absolute atomic E-state index is 12.6.